The predicted molar refractivity (Wildman–Crippen MR) is 69.2 cm³/mol. The van der Waals surface area contributed by atoms with Gasteiger partial charge in [0, 0.05) is 25.6 Å². The summed E-state index contributed by atoms with van der Waals surface area (Å²) in [4.78, 5) is 0. The highest BCUT2D eigenvalue weighted by Crippen LogP contribution is 2.16. The van der Waals surface area contributed by atoms with Gasteiger partial charge in [-0.25, -0.2) is 0 Å². The van der Waals surface area contributed by atoms with Crippen LogP contribution in [-0.4, -0.2) is 36.6 Å². The maximum absolute atomic E-state index is 5.00. The molecule has 1 unspecified atom stereocenters. The second-order valence-electron chi connectivity index (χ2n) is 4.19. The minimum atomic E-state index is 0.340. The Kier molecular flexibility index (Phi) is 4.12. The molecule has 4 nitrogen and oxygen atoms in total. The summed E-state index contributed by atoms with van der Waals surface area (Å²) < 4.78 is 7.06. The molecule has 0 aliphatic heterocycles. The highest BCUT2D eigenvalue weighted by atomic mass is 16.5. The van der Waals surface area contributed by atoms with Crippen molar-refractivity contribution in [2.24, 2.45) is 0 Å². The largest absolute Gasteiger partial charge is 0.383 e. The fourth-order valence-electron chi connectivity index (χ4n) is 1.91. The summed E-state index contributed by atoms with van der Waals surface area (Å²) in [7, 11) is 1.71. The predicted octanol–water partition coefficient (Wildman–Crippen LogP) is 1.83. The quantitative estimate of drug-likeness (QED) is 0.774. The molecular weight excluding hydrogens is 214 g/mol. The first-order valence-corrected chi connectivity index (χ1v) is 5.95. The van der Waals surface area contributed by atoms with Gasteiger partial charge in [-0.3, -0.25) is 4.68 Å². The molecule has 17 heavy (non-hydrogen) atoms. The van der Waals surface area contributed by atoms with E-state index < -0.39 is 0 Å². The lowest BCUT2D eigenvalue weighted by molar-refractivity contribution is 0.198. The number of nitrogens with one attached hydrogen (secondary N) is 1. The lowest BCUT2D eigenvalue weighted by Gasteiger charge is -2.14. The molecule has 2 rings (SSSR count). The molecule has 0 radical (unpaired) electrons. The van der Waals surface area contributed by atoms with Crippen LogP contribution in [0, 0.1) is 0 Å². The minimum absolute atomic E-state index is 0.340. The number of hydrogen-bond donors (Lipinski definition) is 1. The average Bonchev–Trinajstić information content (AvgIpc) is 2.78. The summed E-state index contributed by atoms with van der Waals surface area (Å²) in [5, 5.41) is 8.98. The molecule has 0 amide bonds. The third-order valence-corrected chi connectivity index (χ3v) is 2.85. The Morgan fingerprint density at radius 2 is 2.24 bits per heavy atom. The molecule has 2 aromatic rings. The van der Waals surface area contributed by atoms with Gasteiger partial charge in [0.05, 0.1) is 24.4 Å². The van der Waals surface area contributed by atoms with Gasteiger partial charge in [-0.15, -0.1) is 0 Å². The number of benzene rings is 1. The second kappa shape index (κ2) is 5.80. The molecule has 0 spiro atoms. The van der Waals surface area contributed by atoms with Crippen LogP contribution in [0.4, 0.5) is 0 Å². The van der Waals surface area contributed by atoms with E-state index in [2.05, 4.69) is 34.2 Å². The lowest BCUT2D eigenvalue weighted by Crippen LogP contribution is -2.27. The van der Waals surface area contributed by atoms with Crippen LogP contribution in [0.5, 0.6) is 0 Å². The van der Waals surface area contributed by atoms with Crippen molar-refractivity contribution in [2.75, 3.05) is 26.8 Å². The molecule has 1 aromatic carbocycles. The van der Waals surface area contributed by atoms with E-state index in [1.807, 2.05) is 18.3 Å². The summed E-state index contributed by atoms with van der Waals surface area (Å²) in [5.41, 5.74) is 1.19. The number of hydrogen-bond acceptors (Lipinski definition) is 3. The number of aromatic nitrogens is 2. The van der Waals surface area contributed by atoms with Crippen LogP contribution in [0.2, 0.25) is 0 Å². The van der Waals surface area contributed by atoms with Gasteiger partial charge in [0.25, 0.3) is 0 Å². The normalized spacial score (nSPS) is 13.1. The molecule has 0 fully saturated rings. The molecule has 1 N–H and O–H groups in total. The summed E-state index contributed by atoms with van der Waals surface area (Å²) in [5.74, 6) is 0. The molecule has 1 atom stereocenters. The van der Waals surface area contributed by atoms with Crippen molar-refractivity contribution in [3.05, 3.63) is 30.5 Å². The topological polar surface area (TPSA) is 39.1 Å². The summed E-state index contributed by atoms with van der Waals surface area (Å²) >= 11 is 0. The van der Waals surface area contributed by atoms with Crippen molar-refractivity contribution in [3.8, 4) is 0 Å². The molecule has 0 aliphatic carbocycles. The molecule has 0 saturated carbocycles. The van der Waals surface area contributed by atoms with Crippen LogP contribution < -0.4 is 5.32 Å². The lowest BCUT2D eigenvalue weighted by atomic mass is 10.2. The van der Waals surface area contributed by atoms with Crippen LogP contribution >= 0.6 is 0 Å². The van der Waals surface area contributed by atoms with Crippen molar-refractivity contribution in [2.45, 2.75) is 13.0 Å². The van der Waals surface area contributed by atoms with Crippen molar-refractivity contribution in [1.29, 1.82) is 0 Å². The van der Waals surface area contributed by atoms with Crippen LogP contribution in [0.1, 0.15) is 13.0 Å². The molecule has 92 valence electrons. The second-order valence-corrected chi connectivity index (χ2v) is 4.19. The van der Waals surface area contributed by atoms with Crippen molar-refractivity contribution in [1.82, 2.24) is 15.1 Å². The first-order valence-electron chi connectivity index (χ1n) is 5.95. The third-order valence-electron chi connectivity index (χ3n) is 2.85. The first kappa shape index (κ1) is 12.1. The Morgan fingerprint density at radius 1 is 1.41 bits per heavy atom. The Balaban J connectivity index is 2.01. The molecule has 0 bridgehead atoms. The Bertz CT molecular complexity index is 466. The summed E-state index contributed by atoms with van der Waals surface area (Å²) in [6.07, 6.45) is 1.92. The van der Waals surface area contributed by atoms with Gasteiger partial charge in [0.1, 0.15) is 0 Å². The first-order chi connectivity index (χ1) is 8.33. The molecule has 4 heteroatoms. The molecule has 1 aromatic heterocycles. The van der Waals surface area contributed by atoms with E-state index >= 15 is 0 Å². The van der Waals surface area contributed by atoms with Gasteiger partial charge in [0.2, 0.25) is 0 Å². The zero-order chi connectivity index (χ0) is 12.1. The third kappa shape index (κ3) is 2.84. The standard InChI is InChI=1S/C13H19N3O/c1-11(9-14-7-8-17-2)16-13-6-4-3-5-12(13)10-15-16/h3-6,10-11,14H,7-9H2,1-2H3. The van der Waals surface area contributed by atoms with Gasteiger partial charge in [-0.05, 0) is 13.0 Å². The minimum Gasteiger partial charge on any atom is -0.383 e. The van der Waals surface area contributed by atoms with Gasteiger partial charge in [-0.1, -0.05) is 18.2 Å². The monoisotopic (exact) mass is 233 g/mol. The average molecular weight is 233 g/mol. The zero-order valence-electron chi connectivity index (χ0n) is 10.4. The van der Waals surface area contributed by atoms with E-state index in [4.69, 9.17) is 4.74 Å². The highest BCUT2D eigenvalue weighted by molar-refractivity contribution is 5.78. The molecule has 0 saturated heterocycles. The number of methoxy groups -OCH3 is 1. The van der Waals surface area contributed by atoms with Crippen molar-refractivity contribution >= 4 is 10.9 Å². The van der Waals surface area contributed by atoms with Gasteiger partial charge in [0.15, 0.2) is 0 Å². The van der Waals surface area contributed by atoms with Crippen LogP contribution in [0.25, 0.3) is 10.9 Å². The fourth-order valence-corrected chi connectivity index (χ4v) is 1.91. The van der Waals surface area contributed by atoms with E-state index in [9.17, 15) is 0 Å². The van der Waals surface area contributed by atoms with E-state index in [-0.39, 0.29) is 0 Å². The summed E-state index contributed by atoms with van der Waals surface area (Å²) in [6.45, 7) is 4.68. The molecule has 0 aliphatic rings. The van der Waals surface area contributed by atoms with Crippen LogP contribution in [0.15, 0.2) is 30.5 Å². The number of rotatable bonds is 6. The number of nitrogens with zero attached hydrogens (tertiary/aromatic N) is 2. The Hall–Kier alpha value is -1.39. The van der Waals surface area contributed by atoms with Crippen LogP contribution in [-0.2, 0) is 4.74 Å². The van der Waals surface area contributed by atoms with E-state index in [0.29, 0.717) is 6.04 Å². The van der Waals surface area contributed by atoms with Crippen molar-refractivity contribution < 1.29 is 4.74 Å². The van der Waals surface area contributed by atoms with Crippen molar-refractivity contribution in [3.63, 3.8) is 0 Å². The number of fused-ring (bicyclic) bond motifs is 1. The maximum atomic E-state index is 5.00. The van der Waals surface area contributed by atoms with E-state index in [1.165, 1.54) is 10.9 Å². The summed E-state index contributed by atoms with van der Waals surface area (Å²) in [6, 6.07) is 8.62. The smallest absolute Gasteiger partial charge is 0.0686 e. The van der Waals surface area contributed by atoms with Gasteiger partial charge >= 0.3 is 0 Å². The van der Waals surface area contributed by atoms with Gasteiger partial charge in [-0.2, -0.15) is 5.10 Å². The Labute approximate surface area is 102 Å². The maximum Gasteiger partial charge on any atom is 0.0686 e. The van der Waals surface area contributed by atoms with E-state index in [0.717, 1.165) is 19.7 Å². The zero-order valence-corrected chi connectivity index (χ0v) is 10.4. The van der Waals surface area contributed by atoms with Gasteiger partial charge < -0.3 is 10.1 Å². The molecule has 1 heterocycles. The number of para-hydroxylation sites is 1. The Morgan fingerprint density at radius 3 is 3.06 bits per heavy atom. The fraction of sp³-hybridized carbons (Fsp3) is 0.462. The van der Waals surface area contributed by atoms with E-state index in [1.54, 1.807) is 7.11 Å². The molecular formula is C13H19N3O. The number of ether oxygens (including phenoxy) is 1. The van der Waals surface area contributed by atoms with Crippen LogP contribution in [0.3, 0.4) is 0 Å². The highest BCUT2D eigenvalue weighted by Gasteiger charge is 2.08. The SMILES string of the molecule is COCCNCC(C)n1ncc2ccccc21.